The summed E-state index contributed by atoms with van der Waals surface area (Å²) in [5, 5.41) is 14.3. The van der Waals surface area contributed by atoms with Crippen LogP contribution in [-0.4, -0.2) is 22.6 Å². The third-order valence-corrected chi connectivity index (χ3v) is 6.58. The van der Waals surface area contributed by atoms with E-state index in [9.17, 15) is 14.7 Å². The Morgan fingerprint density at radius 3 is 2.45 bits per heavy atom. The predicted octanol–water partition coefficient (Wildman–Crippen LogP) is 6.11. The standard InChI is InChI=1S/C25H26ClNO4/c1-14-7-8-17(12-21(14)27-16(3)28)19-11-15(2)18(13-20(19)26)22-23(29)25(31-24(22)30)9-5-4-6-10-25/h7-8,11-13,29H,4-6,9-10H2,1-3H3,(H,27,28). The van der Waals surface area contributed by atoms with Gasteiger partial charge in [-0.1, -0.05) is 30.2 Å². The molecule has 1 heterocycles. The van der Waals surface area contributed by atoms with Gasteiger partial charge in [-0.05, 0) is 80.0 Å². The minimum absolute atomic E-state index is 0.0346. The first-order chi connectivity index (χ1) is 14.7. The van der Waals surface area contributed by atoms with Crippen LogP contribution in [0, 0.1) is 13.8 Å². The lowest BCUT2D eigenvalue weighted by Crippen LogP contribution is -2.34. The quantitative estimate of drug-likeness (QED) is 0.565. The van der Waals surface area contributed by atoms with E-state index in [0.29, 0.717) is 23.4 Å². The average molecular weight is 440 g/mol. The SMILES string of the molecule is CC(=O)Nc1cc(-c2cc(C)c(C3=C(O)C4(CCCCC4)OC3=O)cc2Cl)ccc1C. The second-order valence-corrected chi connectivity index (χ2v) is 8.93. The topological polar surface area (TPSA) is 75.6 Å². The van der Waals surface area contributed by atoms with Gasteiger partial charge in [-0.25, -0.2) is 4.79 Å². The largest absolute Gasteiger partial charge is 0.507 e. The number of rotatable bonds is 3. The molecule has 0 radical (unpaired) electrons. The van der Waals surface area contributed by atoms with E-state index in [1.165, 1.54) is 6.92 Å². The van der Waals surface area contributed by atoms with E-state index in [-0.39, 0.29) is 17.2 Å². The highest BCUT2D eigenvalue weighted by molar-refractivity contribution is 6.34. The number of carbonyl (C=O) groups is 2. The van der Waals surface area contributed by atoms with E-state index in [4.69, 9.17) is 16.3 Å². The van der Waals surface area contributed by atoms with Crippen molar-refractivity contribution in [3.8, 4) is 11.1 Å². The van der Waals surface area contributed by atoms with Gasteiger partial charge in [0, 0.05) is 23.2 Å². The molecule has 1 spiro atoms. The van der Waals surface area contributed by atoms with Gasteiger partial charge in [-0.15, -0.1) is 0 Å². The zero-order valence-corrected chi connectivity index (χ0v) is 18.7. The van der Waals surface area contributed by atoms with Crippen LogP contribution in [0.15, 0.2) is 36.1 Å². The lowest BCUT2D eigenvalue weighted by Gasteiger charge is -2.31. The summed E-state index contributed by atoms with van der Waals surface area (Å²) in [6, 6.07) is 9.38. The molecule has 1 saturated carbocycles. The molecule has 6 heteroatoms. The molecule has 2 aromatic rings. The number of anilines is 1. The van der Waals surface area contributed by atoms with Crippen molar-refractivity contribution in [1.82, 2.24) is 0 Å². The van der Waals surface area contributed by atoms with Crippen molar-refractivity contribution in [2.75, 3.05) is 5.32 Å². The van der Waals surface area contributed by atoms with Crippen molar-refractivity contribution in [1.29, 1.82) is 0 Å². The normalized spacial score (nSPS) is 17.7. The van der Waals surface area contributed by atoms with Gasteiger partial charge in [-0.3, -0.25) is 4.79 Å². The molecular formula is C25H26ClNO4. The molecule has 1 fully saturated rings. The summed E-state index contributed by atoms with van der Waals surface area (Å²) in [5.41, 5.74) is 4.05. The van der Waals surface area contributed by atoms with Crippen molar-refractivity contribution < 1.29 is 19.4 Å². The van der Waals surface area contributed by atoms with Gasteiger partial charge >= 0.3 is 5.97 Å². The van der Waals surface area contributed by atoms with Gasteiger partial charge < -0.3 is 15.2 Å². The molecule has 1 aliphatic carbocycles. The first-order valence-corrected chi connectivity index (χ1v) is 11.0. The maximum atomic E-state index is 12.7. The fraction of sp³-hybridized carbons (Fsp3) is 0.360. The molecule has 0 unspecified atom stereocenters. The van der Waals surface area contributed by atoms with E-state index in [0.717, 1.165) is 47.2 Å². The van der Waals surface area contributed by atoms with Crippen LogP contribution in [-0.2, 0) is 14.3 Å². The molecule has 4 rings (SSSR count). The number of aliphatic hydroxyl groups is 1. The molecule has 31 heavy (non-hydrogen) atoms. The van der Waals surface area contributed by atoms with E-state index in [2.05, 4.69) is 5.32 Å². The number of benzene rings is 2. The van der Waals surface area contributed by atoms with Crippen LogP contribution < -0.4 is 5.32 Å². The van der Waals surface area contributed by atoms with E-state index in [1.807, 2.05) is 38.1 Å². The van der Waals surface area contributed by atoms with Crippen LogP contribution in [0.3, 0.4) is 0 Å². The van der Waals surface area contributed by atoms with Gasteiger partial charge in [0.1, 0.15) is 5.57 Å². The molecule has 0 saturated heterocycles. The summed E-state index contributed by atoms with van der Waals surface area (Å²) < 4.78 is 5.70. The zero-order chi connectivity index (χ0) is 22.3. The number of hydrogen-bond donors (Lipinski definition) is 2. The van der Waals surface area contributed by atoms with Gasteiger partial charge in [0.25, 0.3) is 0 Å². The Balaban J connectivity index is 1.77. The van der Waals surface area contributed by atoms with Crippen LogP contribution in [0.2, 0.25) is 5.02 Å². The molecular weight excluding hydrogens is 414 g/mol. The van der Waals surface area contributed by atoms with E-state index in [1.54, 1.807) is 6.07 Å². The Bertz CT molecular complexity index is 1110. The molecule has 1 amide bonds. The molecule has 2 N–H and O–H groups in total. The lowest BCUT2D eigenvalue weighted by molar-refractivity contribution is -0.149. The molecule has 0 bridgehead atoms. The Hall–Kier alpha value is -2.79. The minimum atomic E-state index is -0.882. The van der Waals surface area contributed by atoms with Crippen molar-refractivity contribution >= 4 is 34.7 Å². The molecule has 162 valence electrons. The van der Waals surface area contributed by atoms with Gasteiger partial charge in [-0.2, -0.15) is 0 Å². The van der Waals surface area contributed by atoms with Crippen molar-refractivity contribution in [2.24, 2.45) is 0 Å². The highest BCUT2D eigenvalue weighted by atomic mass is 35.5. The summed E-state index contributed by atoms with van der Waals surface area (Å²) >= 11 is 6.64. The second-order valence-electron chi connectivity index (χ2n) is 8.53. The van der Waals surface area contributed by atoms with Crippen LogP contribution in [0.5, 0.6) is 0 Å². The summed E-state index contributed by atoms with van der Waals surface area (Å²) in [6.07, 6.45) is 4.22. The van der Waals surface area contributed by atoms with E-state index >= 15 is 0 Å². The van der Waals surface area contributed by atoms with Crippen molar-refractivity contribution in [3.63, 3.8) is 0 Å². The number of nitrogens with one attached hydrogen (secondary N) is 1. The van der Waals surface area contributed by atoms with Crippen LogP contribution in [0.1, 0.15) is 55.7 Å². The smallest absolute Gasteiger partial charge is 0.343 e. The highest BCUT2D eigenvalue weighted by Crippen LogP contribution is 2.46. The first-order valence-electron chi connectivity index (χ1n) is 10.6. The fourth-order valence-corrected chi connectivity index (χ4v) is 4.86. The first kappa shape index (κ1) is 21.4. The Morgan fingerprint density at radius 2 is 1.77 bits per heavy atom. The Labute approximate surface area is 187 Å². The van der Waals surface area contributed by atoms with Crippen LogP contribution >= 0.6 is 11.6 Å². The zero-order valence-electron chi connectivity index (χ0n) is 18.0. The van der Waals surface area contributed by atoms with E-state index < -0.39 is 11.6 Å². The second kappa shape index (κ2) is 8.04. The molecule has 2 aliphatic rings. The number of hydrogen-bond acceptors (Lipinski definition) is 4. The molecule has 0 aromatic heterocycles. The number of halogens is 1. The monoisotopic (exact) mass is 439 g/mol. The Kier molecular flexibility index (Phi) is 5.56. The predicted molar refractivity (Wildman–Crippen MR) is 122 cm³/mol. The molecule has 5 nitrogen and oxygen atoms in total. The minimum Gasteiger partial charge on any atom is -0.507 e. The van der Waals surface area contributed by atoms with Gasteiger partial charge in [0.05, 0.1) is 0 Å². The summed E-state index contributed by atoms with van der Waals surface area (Å²) in [5.74, 6) is -0.598. The molecule has 0 atom stereocenters. The molecule has 2 aromatic carbocycles. The maximum Gasteiger partial charge on any atom is 0.343 e. The van der Waals surface area contributed by atoms with Crippen LogP contribution in [0.25, 0.3) is 16.7 Å². The third-order valence-electron chi connectivity index (χ3n) is 6.26. The molecule has 1 aliphatic heterocycles. The number of aryl methyl sites for hydroxylation is 2. The number of carbonyl (C=O) groups excluding carboxylic acids is 2. The number of amides is 1. The van der Waals surface area contributed by atoms with Gasteiger partial charge in [0.2, 0.25) is 5.91 Å². The maximum absolute atomic E-state index is 12.7. The average Bonchev–Trinajstić information content (AvgIpc) is 2.95. The van der Waals surface area contributed by atoms with Crippen molar-refractivity contribution in [2.45, 2.75) is 58.5 Å². The summed E-state index contributed by atoms with van der Waals surface area (Å²) in [4.78, 5) is 24.2. The lowest BCUT2D eigenvalue weighted by atomic mass is 9.82. The number of aliphatic hydroxyl groups excluding tert-OH is 1. The number of ether oxygens (including phenoxy) is 1. The highest BCUT2D eigenvalue weighted by Gasteiger charge is 2.49. The third kappa shape index (κ3) is 3.83. The summed E-state index contributed by atoms with van der Waals surface area (Å²) in [7, 11) is 0. The van der Waals surface area contributed by atoms with Crippen LogP contribution in [0.4, 0.5) is 5.69 Å². The van der Waals surface area contributed by atoms with Crippen molar-refractivity contribution in [3.05, 3.63) is 57.8 Å². The Morgan fingerprint density at radius 1 is 1.06 bits per heavy atom. The van der Waals surface area contributed by atoms with Gasteiger partial charge in [0.15, 0.2) is 11.4 Å². The number of esters is 1. The fourth-order valence-electron chi connectivity index (χ4n) is 4.59. The summed E-state index contributed by atoms with van der Waals surface area (Å²) in [6.45, 7) is 5.28.